The van der Waals surface area contributed by atoms with E-state index < -0.39 is 30.0 Å². The van der Waals surface area contributed by atoms with Gasteiger partial charge in [-0.2, -0.15) is 16.8 Å². The Balaban J connectivity index is 2.02. The van der Waals surface area contributed by atoms with Crippen molar-refractivity contribution in [1.29, 1.82) is 0 Å². The molecule has 9 heteroatoms. The lowest BCUT2D eigenvalue weighted by Crippen LogP contribution is -2.10. The molecule has 2 aromatic carbocycles. The third-order valence-electron chi connectivity index (χ3n) is 5.47. The summed E-state index contributed by atoms with van der Waals surface area (Å²) in [7, 11) is -9.87. The van der Waals surface area contributed by atoms with Crippen LogP contribution in [0.2, 0.25) is 0 Å². The Morgan fingerprint density at radius 3 is 1.79 bits per heavy atom. The van der Waals surface area contributed by atoms with Crippen molar-refractivity contribution >= 4 is 20.2 Å². The molecule has 0 fully saturated rings. The molecule has 0 saturated heterocycles. The minimum absolute atomic E-state index is 0.366. The molecule has 2 N–H and O–H groups in total. The largest absolute Gasteiger partial charge is 0.456 e. The second kappa shape index (κ2) is 13.1. The minimum atomic E-state index is -4.98. The first-order chi connectivity index (χ1) is 15.6. The third kappa shape index (κ3) is 9.08. The maximum absolute atomic E-state index is 11.9. The van der Waals surface area contributed by atoms with Gasteiger partial charge in [0.25, 0.3) is 20.2 Å². The van der Waals surface area contributed by atoms with Crippen LogP contribution in [-0.2, 0) is 26.7 Å². The second-order valence-electron chi connectivity index (χ2n) is 8.18. The quantitative estimate of drug-likeness (QED) is 0.214. The lowest BCUT2D eigenvalue weighted by atomic mass is 10.0. The first kappa shape index (κ1) is 27.3. The number of unbranched alkanes of at least 4 members (excludes halogenated alkanes) is 9. The van der Waals surface area contributed by atoms with Gasteiger partial charge in [0.2, 0.25) is 0 Å². The van der Waals surface area contributed by atoms with Gasteiger partial charge in [0.1, 0.15) is 16.4 Å². The Morgan fingerprint density at radius 1 is 0.667 bits per heavy atom. The highest BCUT2D eigenvalue weighted by Crippen LogP contribution is 2.35. The molecule has 0 saturated carbocycles. The average Bonchev–Trinajstić information content (AvgIpc) is 2.74. The summed E-state index contributed by atoms with van der Waals surface area (Å²) < 4.78 is 71.6. The fourth-order valence-electron chi connectivity index (χ4n) is 3.76. The van der Waals surface area contributed by atoms with E-state index in [0.29, 0.717) is 12.2 Å². The van der Waals surface area contributed by atoms with Crippen molar-refractivity contribution in [3.8, 4) is 11.5 Å². The molecule has 0 amide bonds. The number of rotatable bonds is 15. The van der Waals surface area contributed by atoms with Crippen LogP contribution in [0.4, 0.5) is 0 Å². The normalized spacial score (nSPS) is 12.1. The number of ether oxygens (including phenoxy) is 1. The van der Waals surface area contributed by atoms with Crippen molar-refractivity contribution in [3.63, 3.8) is 0 Å². The zero-order valence-corrected chi connectivity index (χ0v) is 20.7. The average molecular weight is 499 g/mol. The third-order valence-corrected chi connectivity index (χ3v) is 7.43. The van der Waals surface area contributed by atoms with Crippen LogP contribution in [0.1, 0.15) is 76.7 Å². The van der Waals surface area contributed by atoms with Gasteiger partial charge in [0.15, 0.2) is 4.90 Å². The molecule has 0 bridgehead atoms. The fourth-order valence-corrected chi connectivity index (χ4v) is 5.67. The van der Waals surface area contributed by atoms with E-state index in [1.807, 2.05) is 12.1 Å². The van der Waals surface area contributed by atoms with Gasteiger partial charge >= 0.3 is 0 Å². The highest BCUT2D eigenvalue weighted by molar-refractivity contribution is 7.89. The van der Waals surface area contributed by atoms with E-state index in [4.69, 9.17) is 4.74 Å². The summed E-state index contributed by atoms with van der Waals surface area (Å²) >= 11 is 0. The lowest BCUT2D eigenvalue weighted by Gasteiger charge is -2.14. The molecule has 0 unspecified atom stereocenters. The van der Waals surface area contributed by atoms with E-state index in [1.54, 1.807) is 12.1 Å². The summed E-state index contributed by atoms with van der Waals surface area (Å²) in [4.78, 5) is -1.92. The maximum atomic E-state index is 11.9. The zero-order valence-electron chi connectivity index (χ0n) is 19.1. The summed E-state index contributed by atoms with van der Waals surface area (Å²) in [5.74, 6) is -0.00559. The van der Waals surface area contributed by atoms with Gasteiger partial charge in [-0.3, -0.25) is 9.11 Å². The lowest BCUT2D eigenvalue weighted by molar-refractivity contribution is 0.433. The molecule has 184 valence electrons. The van der Waals surface area contributed by atoms with Crippen molar-refractivity contribution in [3.05, 3.63) is 48.0 Å². The van der Waals surface area contributed by atoms with Crippen LogP contribution in [-0.4, -0.2) is 25.9 Å². The highest BCUT2D eigenvalue weighted by Gasteiger charge is 2.28. The summed E-state index contributed by atoms with van der Waals surface area (Å²) in [6.07, 6.45) is 12.8. The summed E-state index contributed by atoms with van der Waals surface area (Å²) in [5.41, 5.74) is 0.843. The molecule has 7 nitrogen and oxygen atoms in total. The summed E-state index contributed by atoms with van der Waals surface area (Å²) in [6, 6.07) is 10.4. The molecule has 2 rings (SSSR count). The van der Waals surface area contributed by atoms with E-state index in [0.717, 1.165) is 30.9 Å². The van der Waals surface area contributed by atoms with Crippen molar-refractivity contribution in [2.75, 3.05) is 0 Å². The SMILES string of the molecule is CCCCCCCCCCCCc1ccccc1Oc1cccc(S(=O)(=O)O)c1S(=O)(=O)O. The molecule has 0 aliphatic carbocycles. The van der Waals surface area contributed by atoms with Gasteiger partial charge in [0.05, 0.1) is 0 Å². The van der Waals surface area contributed by atoms with Crippen LogP contribution in [0, 0.1) is 0 Å². The number of hydrogen-bond donors (Lipinski definition) is 2. The van der Waals surface area contributed by atoms with Crippen molar-refractivity contribution in [1.82, 2.24) is 0 Å². The van der Waals surface area contributed by atoms with Crippen LogP contribution in [0.25, 0.3) is 0 Å². The van der Waals surface area contributed by atoms with E-state index in [1.165, 1.54) is 57.1 Å². The number of hydrogen-bond acceptors (Lipinski definition) is 5. The predicted octanol–water partition coefficient (Wildman–Crippen LogP) is 6.44. The minimum Gasteiger partial charge on any atom is -0.456 e. The van der Waals surface area contributed by atoms with Gasteiger partial charge in [-0.05, 0) is 36.6 Å². The van der Waals surface area contributed by atoms with Gasteiger partial charge < -0.3 is 4.74 Å². The Morgan fingerprint density at radius 2 is 1.21 bits per heavy atom. The Bertz CT molecular complexity index is 1090. The fraction of sp³-hybridized carbons (Fsp3) is 0.500. The van der Waals surface area contributed by atoms with Crippen LogP contribution >= 0.6 is 0 Å². The van der Waals surface area contributed by atoms with E-state index in [9.17, 15) is 25.9 Å². The predicted molar refractivity (Wildman–Crippen MR) is 128 cm³/mol. The topological polar surface area (TPSA) is 118 Å². The standard InChI is InChI=1S/C24H34O7S2/c1-2-3-4-5-6-7-8-9-10-11-15-20-16-12-13-17-21(20)31-22-18-14-19-23(32(25,26)27)24(22)33(28,29)30/h12-14,16-19H,2-11,15H2,1H3,(H,25,26,27)(H,28,29,30). The van der Waals surface area contributed by atoms with Crippen molar-refractivity contribution in [2.45, 2.75) is 87.3 Å². The van der Waals surface area contributed by atoms with Crippen LogP contribution in [0.3, 0.4) is 0 Å². The van der Waals surface area contributed by atoms with Crippen LogP contribution < -0.4 is 4.74 Å². The van der Waals surface area contributed by atoms with E-state index >= 15 is 0 Å². The highest BCUT2D eigenvalue weighted by atomic mass is 32.2. The number of aryl methyl sites for hydroxylation is 1. The number of benzene rings is 2. The summed E-state index contributed by atoms with van der Waals surface area (Å²) in [5, 5.41) is 0. The first-order valence-corrected chi connectivity index (χ1v) is 14.4. The van der Waals surface area contributed by atoms with Gasteiger partial charge in [-0.1, -0.05) is 89.0 Å². The van der Waals surface area contributed by atoms with Crippen molar-refractivity contribution in [2.24, 2.45) is 0 Å². The maximum Gasteiger partial charge on any atom is 0.299 e. The molecule has 33 heavy (non-hydrogen) atoms. The Labute approximate surface area is 197 Å². The van der Waals surface area contributed by atoms with Gasteiger partial charge in [-0.25, -0.2) is 0 Å². The Kier molecular flexibility index (Phi) is 10.8. The molecule has 0 spiro atoms. The van der Waals surface area contributed by atoms with Gasteiger partial charge in [0, 0.05) is 0 Å². The zero-order chi connectivity index (χ0) is 24.3. The molecule has 0 aliphatic rings. The molecule has 0 aliphatic heterocycles. The monoisotopic (exact) mass is 498 g/mol. The van der Waals surface area contributed by atoms with Gasteiger partial charge in [-0.15, -0.1) is 0 Å². The second-order valence-corrected chi connectivity index (χ2v) is 10.9. The molecule has 0 atom stereocenters. The van der Waals surface area contributed by atoms with Crippen molar-refractivity contribution < 1.29 is 30.7 Å². The molecule has 0 heterocycles. The molecule has 0 aromatic heterocycles. The molecule has 2 aromatic rings. The molecular formula is C24H34O7S2. The first-order valence-electron chi connectivity index (χ1n) is 11.5. The van der Waals surface area contributed by atoms with E-state index in [2.05, 4.69) is 6.92 Å². The van der Waals surface area contributed by atoms with Crippen LogP contribution in [0.5, 0.6) is 11.5 Å². The smallest absolute Gasteiger partial charge is 0.299 e. The van der Waals surface area contributed by atoms with E-state index in [-0.39, 0.29) is 5.75 Å². The summed E-state index contributed by atoms with van der Waals surface area (Å²) in [6.45, 7) is 2.22. The van der Waals surface area contributed by atoms with Crippen LogP contribution in [0.15, 0.2) is 52.3 Å². The number of para-hydroxylation sites is 1. The Hall–Kier alpha value is -1.94. The molecular weight excluding hydrogens is 464 g/mol. The molecule has 0 radical (unpaired) electrons.